The normalized spacial score (nSPS) is 12.3. The van der Waals surface area contributed by atoms with Gasteiger partial charge in [-0.15, -0.1) is 0 Å². The molecule has 0 saturated heterocycles. The van der Waals surface area contributed by atoms with E-state index in [1.807, 2.05) is 45.0 Å². The second kappa shape index (κ2) is 7.79. The average molecular weight is 264 g/mol. The van der Waals surface area contributed by atoms with E-state index < -0.39 is 0 Å². The molecule has 0 aliphatic rings. The van der Waals surface area contributed by atoms with Gasteiger partial charge in [-0.2, -0.15) is 0 Å². The summed E-state index contributed by atoms with van der Waals surface area (Å²) in [7, 11) is 0. The average Bonchev–Trinajstić information content (AvgIpc) is 2.27. The van der Waals surface area contributed by atoms with Crippen LogP contribution in [-0.4, -0.2) is 24.6 Å². The maximum atomic E-state index is 11.7. The minimum atomic E-state index is 0.0161. The van der Waals surface area contributed by atoms with E-state index in [0.717, 1.165) is 17.7 Å². The van der Waals surface area contributed by atoms with Crippen molar-refractivity contribution < 1.29 is 9.53 Å². The second-order valence-electron chi connectivity index (χ2n) is 5.11. The van der Waals surface area contributed by atoms with Crippen molar-refractivity contribution >= 4 is 5.91 Å². The molecule has 0 aliphatic heterocycles. The van der Waals surface area contributed by atoms with Crippen LogP contribution in [0.15, 0.2) is 24.3 Å². The molecule has 19 heavy (non-hydrogen) atoms. The lowest BCUT2D eigenvalue weighted by Gasteiger charge is -2.11. The first-order valence-corrected chi connectivity index (χ1v) is 6.75. The molecular weight excluding hydrogens is 240 g/mol. The van der Waals surface area contributed by atoms with Crippen LogP contribution >= 0.6 is 0 Å². The van der Waals surface area contributed by atoms with Crippen molar-refractivity contribution in [2.45, 2.75) is 45.8 Å². The van der Waals surface area contributed by atoms with E-state index in [-0.39, 0.29) is 18.1 Å². The molecule has 0 aliphatic carbocycles. The minimum absolute atomic E-state index is 0.0161. The topological polar surface area (TPSA) is 64.3 Å². The highest BCUT2D eigenvalue weighted by Crippen LogP contribution is 2.15. The molecule has 4 heteroatoms. The maximum absolute atomic E-state index is 11.7. The number of rotatable bonds is 7. The zero-order valence-corrected chi connectivity index (χ0v) is 12.0. The standard InChI is InChI=1S/C15H24N2O2/c1-11(2)19-14-6-4-5-13(9-14)10-15(18)17-8-7-12(3)16/h4-6,9,11-12H,7-8,10,16H2,1-3H3,(H,17,18). The fraction of sp³-hybridized carbons (Fsp3) is 0.533. The molecule has 106 valence electrons. The molecular formula is C15H24N2O2. The first kappa shape index (κ1) is 15.5. The second-order valence-corrected chi connectivity index (χ2v) is 5.11. The third-order valence-electron chi connectivity index (χ3n) is 2.56. The van der Waals surface area contributed by atoms with Crippen LogP contribution in [0.4, 0.5) is 0 Å². The van der Waals surface area contributed by atoms with Crippen molar-refractivity contribution in [3.8, 4) is 5.75 Å². The highest BCUT2D eigenvalue weighted by Gasteiger charge is 2.05. The summed E-state index contributed by atoms with van der Waals surface area (Å²) in [5.74, 6) is 0.818. The van der Waals surface area contributed by atoms with Crippen molar-refractivity contribution in [2.75, 3.05) is 6.54 Å². The number of carbonyl (C=O) groups excluding carboxylic acids is 1. The molecule has 0 saturated carbocycles. The number of nitrogens with one attached hydrogen (secondary N) is 1. The van der Waals surface area contributed by atoms with Crippen LogP contribution in [0.1, 0.15) is 32.8 Å². The third kappa shape index (κ3) is 6.82. The van der Waals surface area contributed by atoms with Crippen molar-refractivity contribution in [1.82, 2.24) is 5.32 Å². The molecule has 0 radical (unpaired) electrons. The Hall–Kier alpha value is -1.55. The van der Waals surface area contributed by atoms with Crippen LogP contribution in [0.5, 0.6) is 5.75 Å². The van der Waals surface area contributed by atoms with Crippen LogP contribution in [0.25, 0.3) is 0 Å². The molecule has 1 rings (SSSR count). The molecule has 0 bridgehead atoms. The minimum Gasteiger partial charge on any atom is -0.491 e. The number of amides is 1. The van der Waals surface area contributed by atoms with E-state index >= 15 is 0 Å². The van der Waals surface area contributed by atoms with Gasteiger partial charge in [-0.3, -0.25) is 4.79 Å². The summed E-state index contributed by atoms with van der Waals surface area (Å²) in [5.41, 5.74) is 6.58. The highest BCUT2D eigenvalue weighted by atomic mass is 16.5. The van der Waals surface area contributed by atoms with Gasteiger partial charge in [-0.05, 0) is 44.9 Å². The van der Waals surface area contributed by atoms with Gasteiger partial charge in [0.25, 0.3) is 0 Å². The van der Waals surface area contributed by atoms with E-state index in [0.29, 0.717) is 13.0 Å². The van der Waals surface area contributed by atoms with E-state index in [4.69, 9.17) is 10.5 Å². The molecule has 0 spiro atoms. The molecule has 1 atom stereocenters. The van der Waals surface area contributed by atoms with Gasteiger partial charge in [-0.1, -0.05) is 12.1 Å². The number of nitrogens with two attached hydrogens (primary N) is 1. The van der Waals surface area contributed by atoms with Gasteiger partial charge in [0.05, 0.1) is 12.5 Å². The van der Waals surface area contributed by atoms with E-state index in [1.54, 1.807) is 0 Å². The Balaban J connectivity index is 2.45. The highest BCUT2D eigenvalue weighted by molar-refractivity contribution is 5.78. The van der Waals surface area contributed by atoms with Crippen molar-refractivity contribution in [2.24, 2.45) is 5.73 Å². The summed E-state index contributed by atoms with van der Waals surface area (Å²) < 4.78 is 5.60. The first-order valence-electron chi connectivity index (χ1n) is 6.75. The summed E-state index contributed by atoms with van der Waals surface area (Å²) in [6, 6.07) is 7.76. The summed E-state index contributed by atoms with van der Waals surface area (Å²) in [6.45, 7) is 6.51. The van der Waals surface area contributed by atoms with Gasteiger partial charge in [0.15, 0.2) is 0 Å². The molecule has 4 nitrogen and oxygen atoms in total. The molecule has 3 N–H and O–H groups in total. The monoisotopic (exact) mass is 264 g/mol. The van der Waals surface area contributed by atoms with Crippen LogP contribution in [0.2, 0.25) is 0 Å². The van der Waals surface area contributed by atoms with E-state index in [2.05, 4.69) is 5.32 Å². The van der Waals surface area contributed by atoms with Gasteiger partial charge in [-0.25, -0.2) is 0 Å². The maximum Gasteiger partial charge on any atom is 0.224 e. The Morgan fingerprint density at radius 1 is 1.37 bits per heavy atom. The fourth-order valence-electron chi connectivity index (χ4n) is 1.69. The zero-order valence-electron chi connectivity index (χ0n) is 12.0. The Labute approximate surface area is 115 Å². The lowest BCUT2D eigenvalue weighted by molar-refractivity contribution is -0.120. The van der Waals surface area contributed by atoms with Gasteiger partial charge in [0.2, 0.25) is 5.91 Å². The van der Waals surface area contributed by atoms with Gasteiger partial charge < -0.3 is 15.8 Å². The van der Waals surface area contributed by atoms with Crippen LogP contribution in [0, 0.1) is 0 Å². The van der Waals surface area contributed by atoms with Crippen LogP contribution in [-0.2, 0) is 11.2 Å². The summed E-state index contributed by atoms with van der Waals surface area (Å²) in [6.07, 6.45) is 1.30. The third-order valence-corrected chi connectivity index (χ3v) is 2.56. The predicted octanol–water partition coefficient (Wildman–Crippen LogP) is 1.87. The van der Waals surface area contributed by atoms with Crippen LogP contribution in [0.3, 0.4) is 0 Å². The van der Waals surface area contributed by atoms with Crippen molar-refractivity contribution in [1.29, 1.82) is 0 Å². The quantitative estimate of drug-likeness (QED) is 0.790. The Morgan fingerprint density at radius 3 is 2.74 bits per heavy atom. The Bertz CT molecular complexity index is 403. The number of hydrogen-bond donors (Lipinski definition) is 2. The number of carbonyl (C=O) groups is 1. The predicted molar refractivity (Wildman–Crippen MR) is 77.2 cm³/mol. The van der Waals surface area contributed by atoms with Crippen molar-refractivity contribution in [3.05, 3.63) is 29.8 Å². The number of benzene rings is 1. The lowest BCUT2D eigenvalue weighted by atomic mass is 10.1. The van der Waals surface area contributed by atoms with Crippen LogP contribution < -0.4 is 15.8 Å². The lowest BCUT2D eigenvalue weighted by Crippen LogP contribution is -2.30. The van der Waals surface area contributed by atoms with Gasteiger partial charge in [0, 0.05) is 12.6 Å². The van der Waals surface area contributed by atoms with E-state index in [1.165, 1.54) is 0 Å². The smallest absolute Gasteiger partial charge is 0.224 e. The molecule has 1 unspecified atom stereocenters. The molecule has 0 aromatic heterocycles. The van der Waals surface area contributed by atoms with Gasteiger partial charge >= 0.3 is 0 Å². The zero-order chi connectivity index (χ0) is 14.3. The summed E-state index contributed by atoms with van der Waals surface area (Å²) in [5, 5.41) is 2.86. The SMILES string of the molecule is CC(N)CCNC(=O)Cc1cccc(OC(C)C)c1. The number of hydrogen-bond acceptors (Lipinski definition) is 3. The Kier molecular flexibility index (Phi) is 6.36. The molecule has 1 aromatic carbocycles. The number of ether oxygens (including phenoxy) is 1. The first-order chi connectivity index (χ1) is 8.97. The summed E-state index contributed by atoms with van der Waals surface area (Å²) >= 11 is 0. The fourth-order valence-corrected chi connectivity index (χ4v) is 1.69. The van der Waals surface area contributed by atoms with E-state index in [9.17, 15) is 4.79 Å². The van der Waals surface area contributed by atoms with Gasteiger partial charge in [0.1, 0.15) is 5.75 Å². The molecule has 1 aromatic rings. The molecule has 1 amide bonds. The largest absolute Gasteiger partial charge is 0.491 e. The Morgan fingerprint density at radius 2 is 2.11 bits per heavy atom. The molecule has 0 heterocycles. The molecule has 0 fully saturated rings. The van der Waals surface area contributed by atoms with Crippen molar-refractivity contribution in [3.63, 3.8) is 0 Å². The summed E-state index contributed by atoms with van der Waals surface area (Å²) in [4.78, 5) is 11.7.